The Bertz CT molecular complexity index is 1980. The normalized spacial score (nSPS) is 17.4. The monoisotopic (exact) mass is 729 g/mol. The van der Waals surface area contributed by atoms with E-state index in [-0.39, 0.29) is 29.2 Å². The van der Waals surface area contributed by atoms with Crippen LogP contribution in [0.3, 0.4) is 0 Å². The number of alkyl halides is 3. The zero-order valence-electron chi connectivity index (χ0n) is 29.9. The van der Waals surface area contributed by atoms with Gasteiger partial charge in [0.15, 0.2) is 5.41 Å². The van der Waals surface area contributed by atoms with Crippen molar-refractivity contribution in [3.05, 3.63) is 102 Å². The standard InChI is InChI=1S/C39H42F3N7O4/c1-37(2,3)53-36(52)45-18-6-4-5-7-21-49-34(50)38(39(40,41)42,31-11-8-12-32-30(31)10-9-19-44-32)22-33(47-49)26-13-15-29(16-14-26)46-35(51)48-24-27-17-20-43-23-28(27)25-48/h8-17,19-20,23H,4-7,18,21-22,24-25H2,1-3H3,(H,45,52)(H,46,51). The SMILES string of the molecule is CC(C)(C)OC(=O)NCCCCCCN1N=C(c2ccc(NC(=O)N3Cc4ccncc4C3)cc2)CC(c2cccc3ncccc23)(C(F)(F)F)C1=O. The Balaban J connectivity index is 1.22. The van der Waals surface area contributed by atoms with Gasteiger partial charge in [0.2, 0.25) is 0 Å². The second kappa shape index (κ2) is 15.2. The lowest BCUT2D eigenvalue weighted by Crippen LogP contribution is -2.58. The lowest BCUT2D eigenvalue weighted by atomic mass is 9.71. The highest BCUT2D eigenvalue weighted by Gasteiger charge is 2.65. The molecule has 4 heterocycles. The van der Waals surface area contributed by atoms with Gasteiger partial charge in [-0.3, -0.25) is 14.8 Å². The first-order valence-corrected chi connectivity index (χ1v) is 17.6. The fraction of sp³-hybridized carbons (Fsp3) is 0.385. The third-order valence-corrected chi connectivity index (χ3v) is 9.31. The number of ether oxygens (including phenoxy) is 1. The van der Waals surface area contributed by atoms with E-state index in [0.29, 0.717) is 62.1 Å². The zero-order chi connectivity index (χ0) is 37.8. The van der Waals surface area contributed by atoms with Crippen LogP contribution in [-0.4, -0.2) is 68.5 Å². The second-order valence-electron chi connectivity index (χ2n) is 14.3. The van der Waals surface area contributed by atoms with E-state index in [1.54, 1.807) is 80.5 Å². The van der Waals surface area contributed by atoms with Crippen molar-refractivity contribution in [2.75, 3.05) is 18.4 Å². The topological polar surface area (TPSA) is 129 Å². The second-order valence-corrected chi connectivity index (χ2v) is 14.3. The van der Waals surface area contributed by atoms with Gasteiger partial charge in [-0.25, -0.2) is 14.6 Å². The van der Waals surface area contributed by atoms with Crippen LogP contribution in [0, 0.1) is 0 Å². The highest BCUT2D eigenvalue weighted by atomic mass is 19.4. The van der Waals surface area contributed by atoms with Gasteiger partial charge in [-0.15, -0.1) is 0 Å². The van der Waals surface area contributed by atoms with Gasteiger partial charge in [0.25, 0.3) is 5.91 Å². The summed E-state index contributed by atoms with van der Waals surface area (Å²) in [6.45, 7) is 6.52. The van der Waals surface area contributed by atoms with Gasteiger partial charge >= 0.3 is 18.3 Å². The first-order valence-electron chi connectivity index (χ1n) is 17.6. The predicted octanol–water partition coefficient (Wildman–Crippen LogP) is 7.70. The third-order valence-electron chi connectivity index (χ3n) is 9.31. The summed E-state index contributed by atoms with van der Waals surface area (Å²) in [7, 11) is 0. The van der Waals surface area contributed by atoms with Crippen LogP contribution in [0.15, 0.2) is 84.4 Å². The number of anilines is 1. The number of nitrogens with one attached hydrogen (secondary N) is 2. The molecule has 0 bridgehead atoms. The maximum absolute atomic E-state index is 15.6. The molecule has 1 unspecified atom stereocenters. The molecule has 2 aliphatic rings. The molecule has 2 N–H and O–H groups in total. The summed E-state index contributed by atoms with van der Waals surface area (Å²) in [5.41, 5.74) is -0.466. The van der Waals surface area contributed by atoms with Crippen molar-refractivity contribution in [2.24, 2.45) is 5.10 Å². The first kappa shape index (κ1) is 37.2. The van der Waals surface area contributed by atoms with Gasteiger partial charge < -0.3 is 20.3 Å². The number of hydrogen-bond acceptors (Lipinski definition) is 7. The van der Waals surface area contributed by atoms with Gasteiger partial charge in [-0.2, -0.15) is 18.3 Å². The van der Waals surface area contributed by atoms with Crippen LogP contribution in [-0.2, 0) is 28.0 Å². The van der Waals surface area contributed by atoms with Gasteiger partial charge in [0.05, 0.1) is 11.2 Å². The van der Waals surface area contributed by atoms with Crippen molar-refractivity contribution in [1.29, 1.82) is 0 Å². The van der Waals surface area contributed by atoms with E-state index in [4.69, 9.17) is 4.74 Å². The fourth-order valence-electron chi connectivity index (χ4n) is 6.70. The van der Waals surface area contributed by atoms with Crippen molar-refractivity contribution >= 4 is 40.3 Å². The van der Waals surface area contributed by atoms with E-state index < -0.39 is 35.6 Å². The third kappa shape index (κ3) is 8.26. The molecule has 278 valence electrons. The minimum absolute atomic E-state index is 0.0371. The van der Waals surface area contributed by atoms with E-state index >= 15 is 13.2 Å². The lowest BCUT2D eigenvalue weighted by molar-refractivity contribution is -0.201. The lowest BCUT2D eigenvalue weighted by Gasteiger charge is -2.41. The first-order chi connectivity index (χ1) is 25.2. The molecule has 0 aliphatic carbocycles. The summed E-state index contributed by atoms with van der Waals surface area (Å²) in [6.07, 6.45) is 0.965. The van der Waals surface area contributed by atoms with Crippen LogP contribution < -0.4 is 10.6 Å². The molecule has 2 aliphatic heterocycles. The van der Waals surface area contributed by atoms with Crippen LogP contribution in [0.25, 0.3) is 10.9 Å². The minimum atomic E-state index is -4.99. The van der Waals surface area contributed by atoms with Gasteiger partial charge in [-0.1, -0.05) is 43.2 Å². The van der Waals surface area contributed by atoms with Crippen molar-refractivity contribution in [3.8, 4) is 0 Å². The molecule has 4 aromatic rings. The fourth-order valence-corrected chi connectivity index (χ4v) is 6.70. The van der Waals surface area contributed by atoms with Crippen molar-refractivity contribution in [3.63, 3.8) is 0 Å². The molecular formula is C39H42F3N7O4. The molecule has 0 saturated carbocycles. The number of amides is 4. The number of fused-ring (bicyclic) bond motifs is 2. The highest BCUT2D eigenvalue weighted by molar-refractivity contribution is 6.09. The maximum atomic E-state index is 15.6. The van der Waals surface area contributed by atoms with Crippen molar-refractivity contribution in [2.45, 2.75) is 83.2 Å². The van der Waals surface area contributed by atoms with Crippen molar-refractivity contribution < 1.29 is 32.3 Å². The van der Waals surface area contributed by atoms with Crippen LogP contribution >= 0.6 is 0 Å². The number of urea groups is 1. The van der Waals surface area contributed by atoms with Crippen LogP contribution in [0.5, 0.6) is 0 Å². The summed E-state index contributed by atoms with van der Waals surface area (Å²) in [4.78, 5) is 49.2. The van der Waals surface area contributed by atoms with E-state index in [1.807, 2.05) is 6.07 Å². The van der Waals surface area contributed by atoms with Crippen LogP contribution in [0.4, 0.5) is 28.4 Å². The molecule has 1 atom stereocenters. The molecule has 0 fully saturated rings. The Kier molecular flexibility index (Phi) is 10.7. The van der Waals surface area contributed by atoms with E-state index in [1.165, 1.54) is 18.3 Å². The molecule has 0 saturated heterocycles. The number of rotatable bonds is 10. The molecule has 0 radical (unpaired) electrons. The van der Waals surface area contributed by atoms with Crippen LogP contribution in [0.2, 0.25) is 0 Å². The number of alkyl carbamates (subject to hydrolysis) is 1. The molecular weight excluding hydrogens is 687 g/mol. The molecule has 14 heteroatoms. The number of halogens is 3. The quantitative estimate of drug-likeness (QED) is 0.161. The predicted molar refractivity (Wildman–Crippen MR) is 194 cm³/mol. The molecule has 4 amide bonds. The Hall–Kier alpha value is -5.53. The largest absolute Gasteiger partial charge is 0.444 e. The highest BCUT2D eigenvalue weighted by Crippen LogP contribution is 2.50. The number of nitrogens with zero attached hydrogens (tertiary/aromatic N) is 5. The zero-order valence-corrected chi connectivity index (χ0v) is 29.9. The number of aromatic nitrogens is 2. The Labute approximate surface area is 305 Å². The van der Waals surface area contributed by atoms with Crippen LogP contribution in [0.1, 0.15) is 75.1 Å². The van der Waals surface area contributed by atoms with E-state index in [2.05, 4.69) is 25.7 Å². The summed E-state index contributed by atoms with van der Waals surface area (Å²) in [6, 6.07) is 15.5. The maximum Gasteiger partial charge on any atom is 0.407 e. The molecule has 2 aromatic carbocycles. The number of hydrogen-bond donors (Lipinski definition) is 2. The Morgan fingerprint density at radius 1 is 0.906 bits per heavy atom. The average molecular weight is 730 g/mol. The number of pyridine rings is 2. The Morgan fingerprint density at radius 3 is 2.40 bits per heavy atom. The smallest absolute Gasteiger partial charge is 0.407 e. The summed E-state index contributed by atoms with van der Waals surface area (Å²) in [5, 5.41) is 11.3. The van der Waals surface area contributed by atoms with Gasteiger partial charge in [0.1, 0.15) is 5.60 Å². The van der Waals surface area contributed by atoms with E-state index in [0.717, 1.165) is 16.1 Å². The Morgan fingerprint density at radius 2 is 1.66 bits per heavy atom. The van der Waals surface area contributed by atoms with E-state index in [9.17, 15) is 14.4 Å². The van der Waals surface area contributed by atoms with Crippen molar-refractivity contribution in [1.82, 2.24) is 25.2 Å². The number of unbranched alkanes of at least 4 members (excludes halogenated alkanes) is 3. The minimum Gasteiger partial charge on any atom is -0.444 e. The summed E-state index contributed by atoms with van der Waals surface area (Å²) < 4.78 is 52.2. The number of carbonyl (C=O) groups is 3. The van der Waals surface area contributed by atoms with Gasteiger partial charge in [-0.05, 0) is 86.2 Å². The van der Waals surface area contributed by atoms with Gasteiger partial charge in [0, 0.05) is 62.3 Å². The summed E-state index contributed by atoms with van der Waals surface area (Å²) in [5.74, 6) is -1.15. The molecule has 11 nitrogen and oxygen atoms in total. The average Bonchev–Trinajstić information content (AvgIpc) is 3.56. The summed E-state index contributed by atoms with van der Waals surface area (Å²) >= 11 is 0. The number of carbonyl (C=O) groups excluding carboxylic acids is 3. The molecule has 0 spiro atoms. The molecule has 53 heavy (non-hydrogen) atoms. The number of benzene rings is 2. The molecule has 6 rings (SSSR count). The number of hydrazone groups is 1. The molecule has 2 aromatic heterocycles.